The van der Waals surface area contributed by atoms with Crippen LogP contribution in [0.25, 0.3) is 0 Å². The molecule has 1 aromatic rings. The molecule has 1 saturated heterocycles. The van der Waals surface area contributed by atoms with Crippen LogP contribution in [0.2, 0.25) is 0 Å². The molecule has 2 rings (SSSR count). The molecule has 0 aromatic heterocycles. The molecule has 0 aliphatic carbocycles. The van der Waals surface area contributed by atoms with E-state index in [0.29, 0.717) is 6.04 Å². The van der Waals surface area contributed by atoms with Crippen molar-refractivity contribution in [3.05, 3.63) is 29.3 Å². The fourth-order valence-corrected chi connectivity index (χ4v) is 2.50. The monoisotopic (exact) mass is 248 g/mol. The lowest BCUT2D eigenvalue weighted by Crippen LogP contribution is -2.33. The first-order valence-corrected chi connectivity index (χ1v) is 6.93. The van der Waals surface area contributed by atoms with Crippen molar-refractivity contribution in [2.24, 2.45) is 0 Å². The smallest absolute Gasteiger partial charge is 0.123 e. The van der Waals surface area contributed by atoms with Gasteiger partial charge in [-0.15, -0.1) is 0 Å². The Balaban J connectivity index is 1.89. The molecule has 1 aliphatic heterocycles. The molecule has 1 unspecified atom stereocenters. The Hall–Kier alpha value is -1.06. The fourth-order valence-electron chi connectivity index (χ4n) is 2.50. The maximum Gasteiger partial charge on any atom is 0.123 e. The third-order valence-corrected chi connectivity index (χ3v) is 3.62. The van der Waals surface area contributed by atoms with Crippen LogP contribution in [-0.4, -0.2) is 26.2 Å². The van der Waals surface area contributed by atoms with Gasteiger partial charge in [0.1, 0.15) is 5.75 Å². The van der Waals surface area contributed by atoms with E-state index in [2.05, 4.69) is 35.8 Å². The zero-order chi connectivity index (χ0) is 12.8. The molecule has 0 radical (unpaired) electrons. The van der Waals surface area contributed by atoms with Gasteiger partial charge in [-0.25, -0.2) is 0 Å². The van der Waals surface area contributed by atoms with E-state index in [1.807, 2.05) is 0 Å². The highest BCUT2D eigenvalue weighted by atomic mass is 16.5. The van der Waals surface area contributed by atoms with Gasteiger partial charge in [0.05, 0.1) is 7.11 Å². The second kappa shape index (κ2) is 6.76. The van der Waals surface area contributed by atoms with Gasteiger partial charge in [-0.05, 0) is 37.4 Å². The van der Waals surface area contributed by atoms with Gasteiger partial charge >= 0.3 is 0 Å². The Bertz CT molecular complexity index is 373. The maximum atomic E-state index is 5.41. The molecule has 1 fully saturated rings. The summed E-state index contributed by atoms with van der Waals surface area (Å²) in [5, 5.41) is 7.03. The molecule has 0 amide bonds. The lowest BCUT2D eigenvalue weighted by Gasteiger charge is -2.14. The summed E-state index contributed by atoms with van der Waals surface area (Å²) in [5.41, 5.74) is 2.63. The van der Waals surface area contributed by atoms with E-state index in [4.69, 9.17) is 4.74 Å². The molecule has 3 nitrogen and oxygen atoms in total. The van der Waals surface area contributed by atoms with Crippen molar-refractivity contribution < 1.29 is 4.74 Å². The van der Waals surface area contributed by atoms with Gasteiger partial charge < -0.3 is 15.4 Å². The van der Waals surface area contributed by atoms with E-state index in [0.717, 1.165) is 25.3 Å². The SMILES string of the molecule is CCc1ccc(OC)c(CNCC2CCCN2)c1. The van der Waals surface area contributed by atoms with Crippen LogP contribution in [0, 0.1) is 0 Å². The quantitative estimate of drug-likeness (QED) is 0.809. The fraction of sp³-hybridized carbons (Fsp3) is 0.600. The average molecular weight is 248 g/mol. The Morgan fingerprint density at radius 3 is 3.00 bits per heavy atom. The number of methoxy groups -OCH3 is 1. The van der Waals surface area contributed by atoms with Gasteiger partial charge in [0, 0.05) is 24.7 Å². The highest BCUT2D eigenvalue weighted by molar-refractivity contribution is 5.37. The Morgan fingerprint density at radius 2 is 2.33 bits per heavy atom. The van der Waals surface area contributed by atoms with Gasteiger partial charge in [0.2, 0.25) is 0 Å². The molecule has 100 valence electrons. The molecule has 2 N–H and O–H groups in total. The second-order valence-corrected chi connectivity index (χ2v) is 4.92. The first-order chi connectivity index (χ1) is 8.83. The summed E-state index contributed by atoms with van der Waals surface area (Å²) < 4.78 is 5.41. The number of ether oxygens (including phenoxy) is 1. The van der Waals surface area contributed by atoms with E-state index in [9.17, 15) is 0 Å². The highest BCUT2D eigenvalue weighted by Crippen LogP contribution is 2.20. The van der Waals surface area contributed by atoms with Crippen molar-refractivity contribution >= 4 is 0 Å². The Kier molecular flexibility index (Phi) is 5.02. The van der Waals surface area contributed by atoms with Gasteiger partial charge in [-0.2, -0.15) is 0 Å². The molecule has 3 heteroatoms. The summed E-state index contributed by atoms with van der Waals surface area (Å²) in [4.78, 5) is 0. The molecule has 0 saturated carbocycles. The molecule has 0 spiro atoms. The summed E-state index contributed by atoms with van der Waals surface area (Å²) >= 11 is 0. The second-order valence-electron chi connectivity index (χ2n) is 4.92. The summed E-state index contributed by atoms with van der Waals surface area (Å²) in [6, 6.07) is 7.10. The molecule has 1 aromatic carbocycles. The number of aryl methyl sites for hydroxylation is 1. The van der Waals surface area contributed by atoms with E-state index >= 15 is 0 Å². The predicted molar refractivity (Wildman–Crippen MR) is 75.1 cm³/mol. The normalized spacial score (nSPS) is 19.1. The van der Waals surface area contributed by atoms with Crippen molar-refractivity contribution in [1.29, 1.82) is 0 Å². The third kappa shape index (κ3) is 3.47. The highest BCUT2D eigenvalue weighted by Gasteiger charge is 2.13. The lowest BCUT2D eigenvalue weighted by molar-refractivity contribution is 0.406. The number of hydrogen-bond acceptors (Lipinski definition) is 3. The van der Waals surface area contributed by atoms with E-state index in [-0.39, 0.29) is 0 Å². The summed E-state index contributed by atoms with van der Waals surface area (Å²) in [5.74, 6) is 0.985. The minimum atomic E-state index is 0.644. The van der Waals surface area contributed by atoms with Crippen LogP contribution in [-0.2, 0) is 13.0 Å². The van der Waals surface area contributed by atoms with Crippen molar-refractivity contribution in [2.45, 2.75) is 38.8 Å². The van der Waals surface area contributed by atoms with Crippen molar-refractivity contribution in [2.75, 3.05) is 20.2 Å². The van der Waals surface area contributed by atoms with Gasteiger partial charge in [-0.1, -0.05) is 19.1 Å². The minimum absolute atomic E-state index is 0.644. The van der Waals surface area contributed by atoms with Crippen molar-refractivity contribution in [1.82, 2.24) is 10.6 Å². The average Bonchev–Trinajstić information content (AvgIpc) is 2.92. The molecular formula is C15H24N2O. The standard InChI is InChI=1S/C15H24N2O/c1-3-12-6-7-15(18-2)13(9-12)10-16-11-14-5-4-8-17-14/h6-7,9,14,16-17H,3-5,8,10-11H2,1-2H3. The van der Waals surface area contributed by atoms with Crippen molar-refractivity contribution in [3.8, 4) is 5.75 Å². The first-order valence-electron chi connectivity index (χ1n) is 6.93. The Morgan fingerprint density at radius 1 is 1.44 bits per heavy atom. The summed E-state index contributed by atoms with van der Waals surface area (Å²) in [6.07, 6.45) is 3.67. The van der Waals surface area contributed by atoms with Crippen LogP contribution in [0.1, 0.15) is 30.9 Å². The van der Waals surface area contributed by atoms with Crippen LogP contribution in [0.3, 0.4) is 0 Å². The zero-order valence-electron chi connectivity index (χ0n) is 11.5. The van der Waals surface area contributed by atoms with Crippen LogP contribution in [0.15, 0.2) is 18.2 Å². The van der Waals surface area contributed by atoms with E-state index < -0.39 is 0 Å². The molecule has 18 heavy (non-hydrogen) atoms. The van der Waals surface area contributed by atoms with Crippen molar-refractivity contribution in [3.63, 3.8) is 0 Å². The van der Waals surface area contributed by atoms with Gasteiger partial charge in [0.25, 0.3) is 0 Å². The third-order valence-electron chi connectivity index (χ3n) is 3.62. The van der Waals surface area contributed by atoms with Crippen LogP contribution in [0.4, 0.5) is 0 Å². The Labute approximate surface area is 110 Å². The van der Waals surface area contributed by atoms with Crippen LogP contribution in [0.5, 0.6) is 5.75 Å². The molecule has 1 heterocycles. The maximum absolute atomic E-state index is 5.41. The zero-order valence-corrected chi connectivity index (χ0v) is 11.5. The van der Waals surface area contributed by atoms with Gasteiger partial charge in [0.15, 0.2) is 0 Å². The minimum Gasteiger partial charge on any atom is -0.496 e. The predicted octanol–water partition coefficient (Wildman–Crippen LogP) is 2.10. The number of hydrogen-bond donors (Lipinski definition) is 2. The molecule has 1 atom stereocenters. The molecule has 0 bridgehead atoms. The number of benzene rings is 1. The summed E-state index contributed by atoms with van der Waals surface area (Å²) in [6.45, 7) is 5.27. The summed E-state index contributed by atoms with van der Waals surface area (Å²) in [7, 11) is 1.74. The van der Waals surface area contributed by atoms with E-state index in [1.54, 1.807) is 7.11 Å². The number of rotatable bonds is 6. The van der Waals surface area contributed by atoms with Crippen LogP contribution >= 0.6 is 0 Å². The lowest BCUT2D eigenvalue weighted by atomic mass is 10.1. The molecule has 1 aliphatic rings. The topological polar surface area (TPSA) is 33.3 Å². The van der Waals surface area contributed by atoms with E-state index in [1.165, 1.54) is 30.5 Å². The number of nitrogens with one attached hydrogen (secondary N) is 2. The largest absolute Gasteiger partial charge is 0.496 e. The first kappa shape index (κ1) is 13.4. The van der Waals surface area contributed by atoms with Gasteiger partial charge in [-0.3, -0.25) is 0 Å². The van der Waals surface area contributed by atoms with Crippen LogP contribution < -0.4 is 15.4 Å². The molecular weight excluding hydrogens is 224 g/mol.